The normalized spacial score (nSPS) is 11.3. The molecule has 0 saturated heterocycles. The average molecular weight is 458 g/mol. The summed E-state index contributed by atoms with van der Waals surface area (Å²) >= 11 is 0. The van der Waals surface area contributed by atoms with Crippen LogP contribution in [0.1, 0.15) is 121 Å². The molecule has 0 saturated carbocycles. The van der Waals surface area contributed by atoms with Crippen molar-refractivity contribution in [3.8, 4) is 0 Å². The standard InChI is InChI=1S/C29H53N2Si/c32-27-21-26-30-24-19-14-12-10-8-6-4-2-1-3-5-7-9-11-13-15-20-25-31-28-29-22-17-16-18-23-29/h16-18,22-23,30-31H,1-15,19-21,24-28H2. The first kappa shape index (κ1) is 29.4. The van der Waals surface area contributed by atoms with Crippen LogP contribution in [-0.4, -0.2) is 29.9 Å². The second-order valence-corrected chi connectivity index (χ2v) is 10.0. The molecule has 32 heavy (non-hydrogen) atoms. The Bertz CT molecular complexity index is 465. The van der Waals surface area contributed by atoms with Gasteiger partial charge in [-0.15, -0.1) is 0 Å². The summed E-state index contributed by atoms with van der Waals surface area (Å²) in [6.07, 6.45) is 25.6. The van der Waals surface area contributed by atoms with Crippen LogP contribution in [0.2, 0.25) is 6.04 Å². The van der Waals surface area contributed by atoms with Crippen LogP contribution in [0, 0.1) is 0 Å². The Hall–Kier alpha value is -0.643. The second-order valence-electron chi connectivity index (χ2n) is 9.53. The molecule has 1 rings (SSSR count). The molecule has 0 heterocycles. The molecule has 0 atom stereocenters. The van der Waals surface area contributed by atoms with Gasteiger partial charge in [0.1, 0.15) is 0 Å². The first-order chi connectivity index (χ1) is 15.9. The van der Waals surface area contributed by atoms with Gasteiger partial charge in [-0.25, -0.2) is 0 Å². The van der Waals surface area contributed by atoms with Crippen molar-refractivity contribution in [2.75, 3.05) is 19.6 Å². The van der Waals surface area contributed by atoms with Gasteiger partial charge in [-0.3, -0.25) is 0 Å². The SMILES string of the molecule is [Si]CCCNCCCCCCCCCCCCCCCCCCCNCc1ccccc1. The number of hydrogen-bond acceptors (Lipinski definition) is 2. The van der Waals surface area contributed by atoms with E-state index in [0.29, 0.717) is 0 Å². The highest BCUT2D eigenvalue weighted by atomic mass is 28.1. The van der Waals surface area contributed by atoms with Crippen molar-refractivity contribution in [1.29, 1.82) is 0 Å². The van der Waals surface area contributed by atoms with Crippen molar-refractivity contribution in [3.05, 3.63) is 35.9 Å². The monoisotopic (exact) mass is 457 g/mol. The van der Waals surface area contributed by atoms with E-state index < -0.39 is 0 Å². The summed E-state index contributed by atoms with van der Waals surface area (Å²) in [5.74, 6) is 0. The van der Waals surface area contributed by atoms with Gasteiger partial charge in [0, 0.05) is 16.8 Å². The molecule has 0 fully saturated rings. The zero-order chi connectivity index (χ0) is 22.8. The second kappa shape index (κ2) is 25.0. The van der Waals surface area contributed by atoms with Crippen molar-refractivity contribution in [2.45, 2.75) is 128 Å². The highest BCUT2D eigenvalue weighted by molar-refractivity contribution is 6.08. The lowest BCUT2D eigenvalue weighted by Gasteiger charge is -2.05. The highest BCUT2D eigenvalue weighted by Gasteiger charge is 1.96. The molecule has 0 unspecified atom stereocenters. The Morgan fingerprint density at radius 1 is 0.438 bits per heavy atom. The van der Waals surface area contributed by atoms with Gasteiger partial charge in [-0.05, 0) is 44.5 Å². The molecule has 0 aromatic heterocycles. The third kappa shape index (κ3) is 21.2. The van der Waals surface area contributed by atoms with E-state index in [9.17, 15) is 0 Å². The molecule has 2 N–H and O–H groups in total. The largest absolute Gasteiger partial charge is 0.317 e. The maximum atomic E-state index is 3.56. The number of rotatable bonds is 25. The van der Waals surface area contributed by atoms with E-state index in [1.54, 1.807) is 0 Å². The van der Waals surface area contributed by atoms with E-state index in [0.717, 1.165) is 25.7 Å². The fourth-order valence-corrected chi connectivity index (χ4v) is 4.50. The summed E-state index contributed by atoms with van der Waals surface area (Å²) in [6, 6.07) is 11.8. The minimum absolute atomic E-state index is 1.01. The molecule has 0 amide bonds. The molecule has 2 nitrogen and oxygen atoms in total. The fraction of sp³-hybridized carbons (Fsp3) is 0.793. The van der Waals surface area contributed by atoms with E-state index in [1.165, 1.54) is 128 Å². The topological polar surface area (TPSA) is 24.1 Å². The van der Waals surface area contributed by atoms with E-state index in [4.69, 9.17) is 0 Å². The Morgan fingerprint density at radius 2 is 0.812 bits per heavy atom. The van der Waals surface area contributed by atoms with Crippen molar-refractivity contribution in [3.63, 3.8) is 0 Å². The van der Waals surface area contributed by atoms with Gasteiger partial charge in [-0.2, -0.15) is 0 Å². The van der Waals surface area contributed by atoms with Gasteiger partial charge in [0.25, 0.3) is 0 Å². The lowest BCUT2D eigenvalue weighted by atomic mass is 10.0. The molecule has 0 aliphatic carbocycles. The molecule has 0 spiro atoms. The Labute approximate surface area is 204 Å². The molecule has 0 aliphatic heterocycles. The van der Waals surface area contributed by atoms with Crippen LogP contribution in [-0.2, 0) is 6.54 Å². The van der Waals surface area contributed by atoms with Gasteiger partial charge in [0.15, 0.2) is 0 Å². The lowest BCUT2D eigenvalue weighted by Crippen LogP contribution is -2.16. The van der Waals surface area contributed by atoms with Gasteiger partial charge >= 0.3 is 0 Å². The Balaban J connectivity index is 1.64. The highest BCUT2D eigenvalue weighted by Crippen LogP contribution is 2.14. The maximum absolute atomic E-state index is 3.56. The number of unbranched alkanes of at least 4 members (excludes halogenated alkanes) is 16. The van der Waals surface area contributed by atoms with Crippen molar-refractivity contribution >= 4 is 10.2 Å². The minimum atomic E-state index is 1.01. The quantitative estimate of drug-likeness (QED) is 0.115. The van der Waals surface area contributed by atoms with E-state index in [2.05, 4.69) is 51.2 Å². The molecular formula is C29H53N2Si. The third-order valence-corrected chi connectivity index (χ3v) is 6.76. The molecule has 183 valence electrons. The molecule has 3 heteroatoms. The van der Waals surface area contributed by atoms with Crippen LogP contribution in [0.5, 0.6) is 0 Å². The maximum Gasteiger partial charge on any atom is 0.0222 e. The molecular weight excluding hydrogens is 404 g/mol. The molecule has 0 aliphatic rings. The van der Waals surface area contributed by atoms with Gasteiger partial charge < -0.3 is 10.6 Å². The van der Waals surface area contributed by atoms with Crippen LogP contribution >= 0.6 is 0 Å². The minimum Gasteiger partial charge on any atom is -0.317 e. The lowest BCUT2D eigenvalue weighted by molar-refractivity contribution is 0.519. The summed E-state index contributed by atoms with van der Waals surface area (Å²) < 4.78 is 0. The van der Waals surface area contributed by atoms with Gasteiger partial charge in [-0.1, -0.05) is 133 Å². The van der Waals surface area contributed by atoms with Crippen LogP contribution in [0.4, 0.5) is 0 Å². The molecule has 1 aromatic carbocycles. The Kier molecular flexibility index (Phi) is 22.9. The molecule has 0 bridgehead atoms. The van der Waals surface area contributed by atoms with E-state index in [1.807, 2.05) is 0 Å². The zero-order valence-electron chi connectivity index (χ0n) is 21.2. The summed E-state index contributed by atoms with van der Waals surface area (Å²) in [7, 11) is 3.52. The summed E-state index contributed by atoms with van der Waals surface area (Å²) in [4.78, 5) is 0. The van der Waals surface area contributed by atoms with Crippen molar-refractivity contribution < 1.29 is 0 Å². The summed E-state index contributed by atoms with van der Waals surface area (Å²) in [6.45, 7) is 4.54. The smallest absolute Gasteiger partial charge is 0.0222 e. The van der Waals surface area contributed by atoms with Crippen molar-refractivity contribution in [1.82, 2.24) is 10.6 Å². The predicted octanol–water partition coefficient (Wildman–Crippen LogP) is 7.97. The van der Waals surface area contributed by atoms with E-state index >= 15 is 0 Å². The summed E-state index contributed by atoms with van der Waals surface area (Å²) in [5.41, 5.74) is 1.39. The first-order valence-corrected chi connectivity index (χ1v) is 14.7. The molecule has 1 aromatic rings. The predicted molar refractivity (Wildman–Crippen MR) is 145 cm³/mol. The van der Waals surface area contributed by atoms with Gasteiger partial charge in [0.05, 0.1) is 0 Å². The summed E-state index contributed by atoms with van der Waals surface area (Å²) in [5, 5.41) is 7.08. The van der Waals surface area contributed by atoms with E-state index in [-0.39, 0.29) is 0 Å². The Morgan fingerprint density at radius 3 is 1.25 bits per heavy atom. The van der Waals surface area contributed by atoms with Crippen LogP contribution in [0.3, 0.4) is 0 Å². The van der Waals surface area contributed by atoms with Crippen LogP contribution < -0.4 is 10.6 Å². The average Bonchev–Trinajstić information content (AvgIpc) is 2.82. The zero-order valence-corrected chi connectivity index (χ0v) is 22.2. The van der Waals surface area contributed by atoms with Gasteiger partial charge in [0.2, 0.25) is 0 Å². The third-order valence-electron chi connectivity index (χ3n) is 6.41. The molecule has 3 radical (unpaired) electrons. The first-order valence-electron chi connectivity index (χ1n) is 14.0. The van der Waals surface area contributed by atoms with Crippen LogP contribution in [0.25, 0.3) is 0 Å². The number of nitrogens with one attached hydrogen (secondary N) is 2. The number of hydrogen-bond donors (Lipinski definition) is 2. The van der Waals surface area contributed by atoms with Crippen LogP contribution in [0.15, 0.2) is 30.3 Å². The fourth-order valence-electron chi connectivity index (χ4n) is 4.32. The number of benzene rings is 1. The van der Waals surface area contributed by atoms with Crippen molar-refractivity contribution in [2.24, 2.45) is 0 Å².